The summed E-state index contributed by atoms with van der Waals surface area (Å²) >= 11 is 0. The van der Waals surface area contributed by atoms with E-state index < -0.39 is 11.7 Å². The van der Waals surface area contributed by atoms with Crippen molar-refractivity contribution in [1.82, 2.24) is 14.9 Å². The predicted octanol–water partition coefficient (Wildman–Crippen LogP) is 0.0350. The summed E-state index contributed by atoms with van der Waals surface area (Å²) in [7, 11) is 0. The Labute approximate surface area is 123 Å². The maximum Gasteiger partial charge on any atom is 0.264 e. The van der Waals surface area contributed by atoms with Gasteiger partial charge >= 0.3 is 0 Å². The van der Waals surface area contributed by atoms with Gasteiger partial charge in [0.05, 0.1) is 25.0 Å². The fraction of sp³-hybridized carbons (Fsp3) is 0.643. The molecule has 1 aliphatic heterocycles. The molecule has 0 aromatic carbocycles. The van der Waals surface area contributed by atoms with Gasteiger partial charge in [0.2, 0.25) is 0 Å². The van der Waals surface area contributed by atoms with Gasteiger partial charge in [0.25, 0.3) is 11.5 Å². The molecule has 1 amide bonds. The van der Waals surface area contributed by atoms with Crippen molar-refractivity contribution in [3.05, 3.63) is 27.4 Å². The van der Waals surface area contributed by atoms with Gasteiger partial charge in [0.1, 0.15) is 11.4 Å². The number of aryl methyl sites for hydroxylation is 1. The molecule has 1 fully saturated rings. The number of carbonyl (C=O) groups is 1. The van der Waals surface area contributed by atoms with Crippen LogP contribution in [-0.2, 0) is 4.74 Å². The van der Waals surface area contributed by atoms with Crippen molar-refractivity contribution >= 4 is 5.91 Å². The molecule has 1 aromatic heterocycles. The fourth-order valence-corrected chi connectivity index (χ4v) is 2.31. The highest BCUT2D eigenvalue weighted by Gasteiger charge is 2.28. The summed E-state index contributed by atoms with van der Waals surface area (Å²) in [4.78, 5) is 33.2. The molecule has 21 heavy (non-hydrogen) atoms. The quantitative estimate of drug-likeness (QED) is 0.820. The number of rotatable bonds is 3. The number of ether oxygens (including phenoxy) is 1. The first-order valence-electron chi connectivity index (χ1n) is 7.06. The third-order valence-electron chi connectivity index (χ3n) is 3.51. The standard InChI is InChI=1S/C14H21N3O4/c1-8(2)12-15-9(3)11(13(19)16-12)14(20)17-4-5-21-10(6-17)7-18/h8,10,18H,4-7H2,1-3H3,(H,15,16,19). The summed E-state index contributed by atoms with van der Waals surface area (Å²) in [6.45, 7) is 6.40. The first-order chi connectivity index (χ1) is 9.93. The summed E-state index contributed by atoms with van der Waals surface area (Å²) in [6.07, 6.45) is -0.398. The zero-order valence-corrected chi connectivity index (χ0v) is 12.5. The molecule has 1 atom stereocenters. The van der Waals surface area contributed by atoms with E-state index in [1.807, 2.05) is 13.8 Å². The third-order valence-corrected chi connectivity index (χ3v) is 3.51. The minimum Gasteiger partial charge on any atom is -0.394 e. The van der Waals surface area contributed by atoms with Gasteiger partial charge in [-0.1, -0.05) is 13.8 Å². The number of morpholine rings is 1. The maximum absolute atomic E-state index is 12.5. The van der Waals surface area contributed by atoms with E-state index in [1.54, 1.807) is 6.92 Å². The lowest BCUT2D eigenvalue weighted by Crippen LogP contribution is -2.48. The molecule has 1 aromatic rings. The Hall–Kier alpha value is -1.73. The van der Waals surface area contributed by atoms with Crippen molar-refractivity contribution in [2.45, 2.75) is 32.8 Å². The molecular weight excluding hydrogens is 274 g/mol. The van der Waals surface area contributed by atoms with Crippen LogP contribution in [0.15, 0.2) is 4.79 Å². The van der Waals surface area contributed by atoms with Crippen molar-refractivity contribution in [3.63, 3.8) is 0 Å². The van der Waals surface area contributed by atoms with Crippen molar-refractivity contribution in [2.75, 3.05) is 26.3 Å². The Morgan fingerprint density at radius 2 is 2.29 bits per heavy atom. The van der Waals surface area contributed by atoms with Crippen LogP contribution in [0.3, 0.4) is 0 Å². The van der Waals surface area contributed by atoms with E-state index >= 15 is 0 Å². The third kappa shape index (κ3) is 3.30. The number of aliphatic hydroxyl groups excluding tert-OH is 1. The second-order valence-corrected chi connectivity index (χ2v) is 5.49. The number of nitrogens with zero attached hydrogens (tertiary/aromatic N) is 2. The van der Waals surface area contributed by atoms with Crippen LogP contribution in [0, 0.1) is 6.92 Å². The highest BCUT2D eigenvalue weighted by Crippen LogP contribution is 2.12. The van der Waals surface area contributed by atoms with Crippen LogP contribution in [0.5, 0.6) is 0 Å². The molecule has 7 heteroatoms. The molecule has 0 aliphatic carbocycles. The lowest BCUT2D eigenvalue weighted by Gasteiger charge is -2.32. The maximum atomic E-state index is 12.5. The van der Waals surface area contributed by atoms with Gasteiger partial charge in [-0.05, 0) is 6.92 Å². The highest BCUT2D eigenvalue weighted by molar-refractivity contribution is 5.94. The first-order valence-corrected chi connectivity index (χ1v) is 7.06. The molecule has 2 N–H and O–H groups in total. The van der Waals surface area contributed by atoms with Gasteiger partial charge in [0, 0.05) is 19.0 Å². The van der Waals surface area contributed by atoms with Crippen LogP contribution in [0.2, 0.25) is 0 Å². The van der Waals surface area contributed by atoms with Gasteiger partial charge in [-0.3, -0.25) is 9.59 Å². The Balaban J connectivity index is 2.29. The summed E-state index contributed by atoms with van der Waals surface area (Å²) in [5.41, 5.74) is 0.0840. The Morgan fingerprint density at radius 1 is 1.57 bits per heavy atom. The number of aliphatic hydroxyl groups is 1. The SMILES string of the molecule is Cc1nc(C(C)C)[nH]c(=O)c1C(=O)N1CCOC(CO)C1. The topological polar surface area (TPSA) is 95.5 Å². The van der Waals surface area contributed by atoms with Gasteiger partial charge in [-0.25, -0.2) is 4.98 Å². The zero-order valence-electron chi connectivity index (χ0n) is 12.5. The molecular formula is C14H21N3O4. The normalized spacial score (nSPS) is 19.1. The van der Waals surface area contributed by atoms with Crippen LogP contribution in [-0.4, -0.2) is 58.3 Å². The zero-order chi connectivity index (χ0) is 15.6. The van der Waals surface area contributed by atoms with E-state index in [2.05, 4.69) is 9.97 Å². The van der Waals surface area contributed by atoms with Gasteiger partial charge in [-0.2, -0.15) is 0 Å². The molecule has 1 aliphatic rings. The van der Waals surface area contributed by atoms with Crippen molar-refractivity contribution in [3.8, 4) is 0 Å². The molecule has 2 heterocycles. The minimum absolute atomic E-state index is 0.0676. The minimum atomic E-state index is -0.414. The van der Waals surface area contributed by atoms with E-state index in [-0.39, 0.29) is 30.5 Å². The predicted molar refractivity (Wildman–Crippen MR) is 76.4 cm³/mol. The molecule has 1 saturated heterocycles. The number of aromatic amines is 1. The molecule has 7 nitrogen and oxygen atoms in total. The van der Waals surface area contributed by atoms with E-state index in [0.29, 0.717) is 24.7 Å². The highest BCUT2D eigenvalue weighted by atomic mass is 16.5. The van der Waals surface area contributed by atoms with Crippen LogP contribution in [0.25, 0.3) is 0 Å². The van der Waals surface area contributed by atoms with E-state index in [1.165, 1.54) is 4.90 Å². The van der Waals surface area contributed by atoms with Crippen LogP contribution >= 0.6 is 0 Å². The molecule has 0 saturated carbocycles. The van der Waals surface area contributed by atoms with E-state index in [0.717, 1.165) is 0 Å². The van der Waals surface area contributed by atoms with Crippen LogP contribution < -0.4 is 5.56 Å². The Morgan fingerprint density at radius 3 is 2.86 bits per heavy atom. The van der Waals surface area contributed by atoms with Gasteiger partial charge < -0.3 is 19.7 Å². The summed E-state index contributed by atoms with van der Waals surface area (Å²) in [6, 6.07) is 0. The number of amides is 1. The van der Waals surface area contributed by atoms with Crippen molar-refractivity contribution < 1.29 is 14.6 Å². The number of nitrogens with one attached hydrogen (secondary N) is 1. The number of aromatic nitrogens is 2. The molecule has 0 spiro atoms. The van der Waals surface area contributed by atoms with Crippen LogP contribution in [0.4, 0.5) is 0 Å². The molecule has 0 radical (unpaired) electrons. The molecule has 116 valence electrons. The summed E-state index contributed by atoms with van der Waals surface area (Å²) in [5, 5.41) is 9.12. The molecule has 0 bridgehead atoms. The van der Waals surface area contributed by atoms with Crippen LogP contribution in [0.1, 0.15) is 41.6 Å². The number of H-pyrrole nitrogens is 1. The molecule has 1 unspecified atom stereocenters. The summed E-state index contributed by atoms with van der Waals surface area (Å²) in [5.74, 6) is 0.297. The van der Waals surface area contributed by atoms with E-state index in [4.69, 9.17) is 9.84 Å². The van der Waals surface area contributed by atoms with Crippen molar-refractivity contribution in [2.24, 2.45) is 0 Å². The van der Waals surface area contributed by atoms with Gasteiger partial charge in [0.15, 0.2) is 0 Å². The number of carbonyl (C=O) groups excluding carboxylic acids is 1. The first kappa shape index (κ1) is 15.7. The summed E-state index contributed by atoms with van der Waals surface area (Å²) < 4.78 is 5.31. The van der Waals surface area contributed by atoms with Crippen molar-refractivity contribution in [1.29, 1.82) is 0 Å². The smallest absolute Gasteiger partial charge is 0.264 e. The number of hydrogen-bond acceptors (Lipinski definition) is 5. The Kier molecular flexibility index (Phi) is 4.74. The van der Waals surface area contributed by atoms with E-state index in [9.17, 15) is 9.59 Å². The lowest BCUT2D eigenvalue weighted by molar-refractivity contribution is -0.0448. The largest absolute Gasteiger partial charge is 0.394 e. The average Bonchev–Trinajstić information content (AvgIpc) is 2.46. The monoisotopic (exact) mass is 295 g/mol. The fourth-order valence-electron chi connectivity index (χ4n) is 2.31. The van der Waals surface area contributed by atoms with Gasteiger partial charge in [-0.15, -0.1) is 0 Å². The number of hydrogen-bond donors (Lipinski definition) is 2. The average molecular weight is 295 g/mol. The lowest BCUT2D eigenvalue weighted by atomic mass is 10.1. The Bertz CT molecular complexity index is 582. The second kappa shape index (κ2) is 6.36. The second-order valence-electron chi connectivity index (χ2n) is 5.49. The molecule has 2 rings (SSSR count).